The first-order valence-corrected chi connectivity index (χ1v) is 14.9. The van der Waals surface area contributed by atoms with Gasteiger partial charge in [0.25, 0.3) is 0 Å². The molecule has 0 saturated carbocycles. The van der Waals surface area contributed by atoms with Crippen molar-refractivity contribution in [2.45, 2.75) is 13.8 Å². The summed E-state index contributed by atoms with van der Waals surface area (Å²) < 4.78 is 1.33. The second kappa shape index (κ2) is 9.67. The van der Waals surface area contributed by atoms with E-state index >= 15 is 0 Å². The number of rotatable bonds is 2. The van der Waals surface area contributed by atoms with Crippen molar-refractivity contribution in [2.24, 2.45) is 5.92 Å². The Morgan fingerprint density at radius 1 is 1.44 bits per heavy atom. The van der Waals surface area contributed by atoms with Crippen molar-refractivity contribution in [2.75, 3.05) is 0 Å². The fourth-order valence-corrected chi connectivity index (χ4v) is 0.192. The first-order valence-electron chi connectivity index (χ1n) is 2.44. The van der Waals surface area contributed by atoms with Crippen LogP contribution in [0, 0.1) is 12.5 Å². The molecule has 0 aromatic carbocycles. The molecule has 0 unspecified atom stereocenters. The van der Waals surface area contributed by atoms with Crippen LogP contribution in [-0.4, -0.2) is 3.90 Å². The summed E-state index contributed by atoms with van der Waals surface area (Å²) in [7, 11) is 0. The molecule has 0 rings (SSSR count). The molecule has 0 N–H and O–H groups in total. The van der Waals surface area contributed by atoms with E-state index in [0.717, 1.165) is 0 Å². The average Bonchev–Trinajstić information content (AvgIpc) is 1.91. The quantitative estimate of drug-likeness (QED) is 0.404. The third kappa shape index (κ3) is 9.67. The summed E-state index contributed by atoms with van der Waals surface area (Å²) in [6.07, 6.45) is 1.69. The van der Waals surface area contributed by atoms with Gasteiger partial charge in [-0.3, -0.25) is 0 Å². The van der Waals surface area contributed by atoms with Gasteiger partial charge in [-0.15, -0.1) is 0 Å². The molecule has 0 spiro atoms. The van der Waals surface area contributed by atoms with Crippen LogP contribution in [0.1, 0.15) is 13.8 Å². The molecule has 0 aliphatic rings. The Balaban J connectivity index is 0. The van der Waals surface area contributed by atoms with Crippen LogP contribution in [-0.2, 0) is 51.8 Å². The Kier molecular flexibility index (Phi) is 14.3. The normalized spacial score (nSPS) is 7.44. The molecule has 9 heavy (non-hydrogen) atoms. The summed E-state index contributed by atoms with van der Waals surface area (Å²) in [5.41, 5.74) is 0. The monoisotopic (exact) mass is 633 g/mol. The Bertz CT molecular complexity index is 96.5. The molecule has 0 heterocycles. The van der Waals surface area contributed by atoms with Crippen molar-refractivity contribution in [3.63, 3.8) is 0 Å². The summed E-state index contributed by atoms with van der Waals surface area (Å²) in [4.78, 5) is 0. The van der Waals surface area contributed by atoms with E-state index in [0.29, 0.717) is 5.92 Å². The van der Waals surface area contributed by atoms with Gasteiger partial charge in [0.05, 0.1) is 0 Å². The predicted octanol–water partition coefficient (Wildman–Crippen LogP) is 1.35. The second-order valence-corrected chi connectivity index (χ2v) is 3.42. The third-order valence-electron chi connectivity index (χ3n) is 0.733. The first kappa shape index (κ1) is 13.3. The molecule has 0 saturated heterocycles. The first-order chi connectivity index (χ1) is 4.18. The Morgan fingerprint density at radius 2 is 1.78 bits per heavy atom. The van der Waals surface area contributed by atoms with Gasteiger partial charge in [-0.25, -0.2) is 0 Å². The standard InChI is InChI=1S/C6H9.3W/c1-4-5-6(2)3;;;/h1,4,6H,2-3H3;;;/q-1;;;. The zero-order chi connectivity index (χ0) is 7.86. The number of hydrogen-bond donors (Lipinski definition) is 0. The van der Waals surface area contributed by atoms with Crippen LogP contribution in [0.3, 0.4) is 0 Å². The maximum atomic E-state index is 5.23. The summed E-state index contributed by atoms with van der Waals surface area (Å²) in [5, 5.41) is 0. The van der Waals surface area contributed by atoms with Gasteiger partial charge in [0.15, 0.2) is 0 Å². The summed E-state index contributed by atoms with van der Waals surface area (Å²) >= 11 is 4.81. The van der Waals surface area contributed by atoms with Crippen LogP contribution in [0.4, 0.5) is 0 Å². The van der Waals surface area contributed by atoms with E-state index in [-0.39, 0.29) is 0 Å². The SMILES string of the molecule is [CH-]=C[C](=[W])C(C)C.[W]=[W]. The van der Waals surface area contributed by atoms with E-state index in [9.17, 15) is 0 Å². The van der Waals surface area contributed by atoms with Crippen molar-refractivity contribution >= 4 is 3.90 Å². The van der Waals surface area contributed by atoms with Crippen LogP contribution in [0.15, 0.2) is 6.08 Å². The van der Waals surface area contributed by atoms with Crippen molar-refractivity contribution in [3.8, 4) is 0 Å². The van der Waals surface area contributed by atoms with Crippen LogP contribution >= 0.6 is 0 Å². The van der Waals surface area contributed by atoms with E-state index in [1.165, 1.54) is 23.3 Å². The van der Waals surface area contributed by atoms with Crippen molar-refractivity contribution in [3.05, 3.63) is 12.7 Å². The second-order valence-electron chi connectivity index (χ2n) is 1.72. The zero-order valence-electron chi connectivity index (χ0n) is 5.46. The molecular formula is C6H9W3-. The maximum absolute atomic E-state index is 5.23. The molecule has 0 atom stereocenters. The van der Waals surface area contributed by atoms with Crippen molar-refractivity contribution in [1.82, 2.24) is 0 Å². The molecule has 0 aromatic rings. The molecule has 0 aromatic heterocycles. The summed E-state index contributed by atoms with van der Waals surface area (Å²) in [6.45, 7) is 9.52. The van der Waals surface area contributed by atoms with Gasteiger partial charge in [0.2, 0.25) is 0 Å². The van der Waals surface area contributed by atoms with E-state index < -0.39 is 0 Å². The zero-order valence-corrected chi connectivity index (χ0v) is 14.3. The topological polar surface area (TPSA) is 0 Å². The van der Waals surface area contributed by atoms with Crippen molar-refractivity contribution in [1.29, 1.82) is 0 Å². The molecular weight excluding hydrogens is 624 g/mol. The number of hydrogen-bond acceptors (Lipinski definition) is 0. The Labute approximate surface area is 87.1 Å². The molecule has 0 aliphatic carbocycles. The average molecular weight is 633 g/mol. The van der Waals surface area contributed by atoms with Gasteiger partial charge < -0.3 is 0 Å². The molecule has 0 radical (unpaired) electrons. The van der Waals surface area contributed by atoms with E-state index in [1.807, 2.05) is 0 Å². The van der Waals surface area contributed by atoms with Gasteiger partial charge in [-0.2, -0.15) is 0 Å². The fourth-order valence-electron chi connectivity index (χ4n) is 0.192. The Morgan fingerprint density at radius 3 is 1.78 bits per heavy atom. The van der Waals surface area contributed by atoms with Gasteiger partial charge in [-0.05, 0) is 0 Å². The van der Waals surface area contributed by atoms with Gasteiger partial charge in [0, 0.05) is 0 Å². The van der Waals surface area contributed by atoms with Crippen LogP contribution in [0.25, 0.3) is 0 Å². The molecule has 0 amide bonds. The van der Waals surface area contributed by atoms with Crippen LogP contribution < -0.4 is 0 Å². The van der Waals surface area contributed by atoms with Crippen molar-refractivity contribution < 1.29 is 51.8 Å². The predicted molar refractivity (Wildman–Crippen MR) is 28.7 cm³/mol. The third-order valence-corrected chi connectivity index (χ3v) is 2.92. The molecule has 3 heteroatoms. The summed E-state index contributed by atoms with van der Waals surface area (Å²) in [5.74, 6) is 0.639. The molecule has 0 fully saturated rings. The summed E-state index contributed by atoms with van der Waals surface area (Å²) in [6, 6.07) is 0. The van der Waals surface area contributed by atoms with Gasteiger partial charge >= 0.3 is 88.1 Å². The molecule has 0 bridgehead atoms. The number of allylic oxidation sites excluding steroid dienone is 1. The van der Waals surface area contributed by atoms with Gasteiger partial charge in [0.1, 0.15) is 0 Å². The fraction of sp³-hybridized carbons (Fsp3) is 0.500. The Hall–Kier alpha value is 1.67. The van der Waals surface area contributed by atoms with Crippen LogP contribution in [0.5, 0.6) is 0 Å². The minimum atomic E-state index is 0.639. The van der Waals surface area contributed by atoms with E-state index in [1.54, 1.807) is 38.5 Å². The van der Waals surface area contributed by atoms with E-state index in [4.69, 9.17) is 6.58 Å². The van der Waals surface area contributed by atoms with E-state index in [2.05, 4.69) is 13.8 Å². The molecule has 0 aliphatic heterocycles. The molecule has 52 valence electrons. The molecule has 0 nitrogen and oxygen atoms in total. The minimum absolute atomic E-state index is 0.639. The van der Waals surface area contributed by atoms with Gasteiger partial charge in [-0.1, -0.05) is 0 Å². The van der Waals surface area contributed by atoms with Crippen LogP contribution in [0.2, 0.25) is 0 Å².